The number of methoxy groups -OCH3 is 1. The van der Waals surface area contributed by atoms with Gasteiger partial charge in [-0.25, -0.2) is 0 Å². The zero-order chi connectivity index (χ0) is 10.1. The monoisotopic (exact) mass is 260 g/mol. The minimum Gasteiger partial charge on any atom is -0.495 e. The van der Waals surface area contributed by atoms with Crippen LogP contribution in [0.2, 0.25) is 0 Å². The molecule has 0 unspecified atom stereocenters. The van der Waals surface area contributed by atoms with Crippen molar-refractivity contribution >= 4 is 15.9 Å². The van der Waals surface area contributed by atoms with Crippen molar-refractivity contribution < 1.29 is 19.3 Å². The zero-order valence-corrected chi connectivity index (χ0v) is 9.13. The van der Waals surface area contributed by atoms with Gasteiger partial charge in [-0.05, 0) is 15.9 Å². The first-order chi connectivity index (χ1) is 6.77. The second kappa shape index (κ2) is 3.67. The molecule has 0 fully saturated rings. The summed E-state index contributed by atoms with van der Waals surface area (Å²) in [6.45, 7) is 0.0379. The van der Waals surface area contributed by atoms with E-state index < -0.39 is 0 Å². The second-order valence-corrected chi connectivity index (χ2v) is 3.62. The Labute approximate surface area is 89.5 Å². The molecule has 14 heavy (non-hydrogen) atoms. The first-order valence-corrected chi connectivity index (χ1v) is 4.83. The first-order valence-electron chi connectivity index (χ1n) is 4.03. The molecule has 1 aromatic carbocycles. The number of hydrogen-bond acceptors (Lipinski definition) is 4. The van der Waals surface area contributed by atoms with E-state index in [-0.39, 0.29) is 13.4 Å². The lowest BCUT2D eigenvalue weighted by Gasteiger charge is -2.10. The Morgan fingerprint density at radius 3 is 3.00 bits per heavy atom. The van der Waals surface area contributed by atoms with Crippen molar-refractivity contribution in [2.24, 2.45) is 0 Å². The predicted octanol–water partition coefficient (Wildman–Crippen LogP) is 1.68. The fourth-order valence-corrected chi connectivity index (χ4v) is 2.03. The molecule has 0 saturated heterocycles. The molecule has 0 saturated carbocycles. The number of ether oxygens (including phenoxy) is 3. The van der Waals surface area contributed by atoms with Crippen molar-refractivity contribution in [3.8, 4) is 17.2 Å². The van der Waals surface area contributed by atoms with E-state index in [0.29, 0.717) is 22.8 Å². The largest absolute Gasteiger partial charge is 0.495 e. The molecule has 0 spiro atoms. The third-order valence-corrected chi connectivity index (χ3v) is 2.62. The highest BCUT2D eigenvalue weighted by Gasteiger charge is 2.23. The average molecular weight is 261 g/mol. The Morgan fingerprint density at radius 2 is 2.36 bits per heavy atom. The molecular formula is C9H9BrO4. The van der Waals surface area contributed by atoms with Crippen LogP contribution in [0.15, 0.2) is 10.5 Å². The molecule has 76 valence electrons. The molecule has 1 aliphatic heterocycles. The Kier molecular flexibility index (Phi) is 2.52. The van der Waals surface area contributed by atoms with Gasteiger partial charge in [-0.3, -0.25) is 0 Å². The number of aliphatic hydroxyl groups excluding tert-OH is 1. The van der Waals surface area contributed by atoms with Gasteiger partial charge in [0.2, 0.25) is 6.79 Å². The lowest BCUT2D eigenvalue weighted by atomic mass is 10.1. The van der Waals surface area contributed by atoms with E-state index in [1.807, 2.05) is 0 Å². The highest BCUT2D eigenvalue weighted by molar-refractivity contribution is 9.10. The minimum absolute atomic E-state index is 0.145. The van der Waals surface area contributed by atoms with E-state index >= 15 is 0 Å². The van der Waals surface area contributed by atoms with Crippen LogP contribution >= 0.6 is 15.9 Å². The Hall–Kier alpha value is -0.940. The molecule has 0 bridgehead atoms. The van der Waals surface area contributed by atoms with E-state index in [9.17, 15) is 5.11 Å². The molecule has 0 radical (unpaired) electrons. The van der Waals surface area contributed by atoms with E-state index in [4.69, 9.17) is 14.2 Å². The third-order valence-electron chi connectivity index (χ3n) is 2.03. The van der Waals surface area contributed by atoms with Crippen LogP contribution in [0.5, 0.6) is 17.2 Å². The third kappa shape index (κ3) is 1.33. The predicted molar refractivity (Wildman–Crippen MR) is 52.7 cm³/mol. The number of fused-ring (bicyclic) bond motifs is 1. The maximum absolute atomic E-state index is 9.20. The lowest BCUT2D eigenvalue weighted by molar-refractivity contribution is 0.171. The van der Waals surface area contributed by atoms with Gasteiger partial charge in [0, 0.05) is 6.07 Å². The summed E-state index contributed by atoms with van der Waals surface area (Å²) >= 11 is 3.33. The molecule has 1 aliphatic rings. The second-order valence-electron chi connectivity index (χ2n) is 2.76. The normalized spacial score (nSPS) is 13.1. The number of rotatable bonds is 2. The first kappa shape index (κ1) is 9.61. The summed E-state index contributed by atoms with van der Waals surface area (Å²) in [5, 5.41) is 9.20. The van der Waals surface area contributed by atoms with E-state index in [1.54, 1.807) is 13.2 Å². The van der Waals surface area contributed by atoms with Crippen molar-refractivity contribution in [3.63, 3.8) is 0 Å². The van der Waals surface area contributed by atoms with Crippen molar-refractivity contribution in [1.29, 1.82) is 0 Å². The van der Waals surface area contributed by atoms with Crippen LogP contribution in [0.25, 0.3) is 0 Å². The molecule has 5 heteroatoms. The highest BCUT2D eigenvalue weighted by atomic mass is 79.9. The van der Waals surface area contributed by atoms with E-state index in [2.05, 4.69) is 15.9 Å². The van der Waals surface area contributed by atoms with Gasteiger partial charge in [0.1, 0.15) is 5.75 Å². The van der Waals surface area contributed by atoms with Crippen molar-refractivity contribution in [1.82, 2.24) is 0 Å². The van der Waals surface area contributed by atoms with Crippen LogP contribution in [0.3, 0.4) is 0 Å². The maximum atomic E-state index is 9.20. The minimum atomic E-state index is -0.145. The maximum Gasteiger partial charge on any atom is 0.231 e. The number of halogens is 1. The smallest absolute Gasteiger partial charge is 0.231 e. The van der Waals surface area contributed by atoms with Gasteiger partial charge in [-0.15, -0.1) is 0 Å². The van der Waals surface area contributed by atoms with Gasteiger partial charge in [0.05, 0.1) is 23.8 Å². The fourth-order valence-electron chi connectivity index (χ4n) is 1.42. The molecule has 1 aromatic rings. The number of benzene rings is 1. The van der Waals surface area contributed by atoms with Gasteiger partial charge < -0.3 is 19.3 Å². The van der Waals surface area contributed by atoms with Gasteiger partial charge in [-0.2, -0.15) is 0 Å². The Morgan fingerprint density at radius 1 is 1.57 bits per heavy atom. The summed E-state index contributed by atoms with van der Waals surface area (Å²) in [7, 11) is 1.54. The number of aliphatic hydroxyl groups is 1. The fraction of sp³-hybridized carbons (Fsp3) is 0.333. The summed E-state index contributed by atoms with van der Waals surface area (Å²) < 4.78 is 16.3. The summed E-state index contributed by atoms with van der Waals surface area (Å²) in [5.41, 5.74) is 0.606. The quantitative estimate of drug-likeness (QED) is 0.879. The summed E-state index contributed by atoms with van der Waals surface area (Å²) in [6.07, 6.45) is 0. The van der Waals surface area contributed by atoms with Crippen LogP contribution in [0.1, 0.15) is 5.56 Å². The Bertz CT molecular complexity index is 361. The molecule has 2 rings (SSSR count). The molecule has 0 atom stereocenters. The SMILES string of the molecule is COc1c(Br)cc2c(c1CO)OCO2. The molecular weight excluding hydrogens is 252 g/mol. The lowest BCUT2D eigenvalue weighted by Crippen LogP contribution is -1.96. The highest BCUT2D eigenvalue weighted by Crippen LogP contribution is 2.45. The van der Waals surface area contributed by atoms with Gasteiger partial charge in [0.25, 0.3) is 0 Å². The van der Waals surface area contributed by atoms with Gasteiger partial charge >= 0.3 is 0 Å². The average Bonchev–Trinajstić information content (AvgIpc) is 2.62. The molecule has 1 N–H and O–H groups in total. The van der Waals surface area contributed by atoms with Crippen LogP contribution in [0.4, 0.5) is 0 Å². The number of hydrogen-bond donors (Lipinski definition) is 1. The molecule has 4 nitrogen and oxygen atoms in total. The standard InChI is InChI=1S/C9H9BrO4/c1-12-8-5(3-11)9-7(2-6(8)10)13-4-14-9/h2,11H,3-4H2,1H3. The molecule has 0 aromatic heterocycles. The molecule has 0 amide bonds. The van der Waals surface area contributed by atoms with Crippen molar-refractivity contribution in [2.45, 2.75) is 6.61 Å². The summed E-state index contributed by atoms with van der Waals surface area (Å²) in [5.74, 6) is 1.77. The topological polar surface area (TPSA) is 47.9 Å². The van der Waals surface area contributed by atoms with Crippen LogP contribution < -0.4 is 14.2 Å². The van der Waals surface area contributed by atoms with Crippen LogP contribution in [0, 0.1) is 0 Å². The molecule has 1 heterocycles. The van der Waals surface area contributed by atoms with E-state index in [0.717, 1.165) is 4.47 Å². The summed E-state index contributed by atoms with van der Waals surface area (Å²) in [4.78, 5) is 0. The van der Waals surface area contributed by atoms with E-state index in [1.165, 1.54) is 0 Å². The Balaban J connectivity index is 2.62. The van der Waals surface area contributed by atoms with Crippen LogP contribution in [-0.2, 0) is 6.61 Å². The summed E-state index contributed by atoms with van der Waals surface area (Å²) in [6, 6.07) is 1.76. The van der Waals surface area contributed by atoms with Crippen LogP contribution in [-0.4, -0.2) is 19.0 Å². The van der Waals surface area contributed by atoms with Crippen molar-refractivity contribution in [2.75, 3.05) is 13.9 Å². The molecule has 0 aliphatic carbocycles. The van der Waals surface area contributed by atoms with Gasteiger partial charge in [-0.1, -0.05) is 0 Å². The van der Waals surface area contributed by atoms with Gasteiger partial charge in [0.15, 0.2) is 11.5 Å². The van der Waals surface area contributed by atoms with Crippen molar-refractivity contribution in [3.05, 3.63) is 16.1 Å². The zero-order valence-electron chi connectivity index (χ0n) is 7.54.